The summed E-state index contributed by atoms with van der Waals surface area (Å²) in [5.41, 5.74) is -3.42. The highest BCUT2D eigenvalue weighted by atomic mass is 19.4. The number of amides is 1. The lowest BCUT2D eigenvalue weighted by molar-refractivity contribution is -0.143. The average Bonchev–Trinajstić information content (AvgIpc) is 2.68. The van der Waals surface area contributed by atoms with E-state index in [-0.39, 0.29) is 18.4 Å². The molecule has 2 aromatic rings. The number of nitrogens with one attached hydrogen (secondary N) is 2. The summed E-state index contributed by atoms with van der Waals surface area (Å²) in [7, 11) is 0. The van der Waals surface area contributed by atoms with Crippen molar-refractivity contribution in [3.63, 3.8) is 0 Å². The summed E-state index contributed by atoms with van der Waals surface area (Å²) in [5.74, 6) is -0.798. The molecule has 0 unspecified atom stereocenters. The maximum absolute atomic E-state index is 12.9. The van der Waals surface area contributed by atoms with Crippen molar-refractivity contribution < 1.29 is 36.2 Å². The molecular weight excluding hydrogens is 428 g/mol. The number of rotatable bonds is 6. The first-order valence-corrected chi connectivity index (χ1v) is 8.62. The number of carbonyl (C=O) groups excluding carboxylic acids is 1. The van der Waals surface area contributed by atoms with Crippen molar-refractivity contribution in [3.8, 4) is 11.8 Å². The van der Waals surface area contributed by atoms with Gasteiger partial charge in [-0.15, -0.1) is 0 Å². The second-order valence-electron chi connectivity index (χ2n) is 6.28. The van der Waals surface area contributed by atoms with E-state index in [1.807, 2.05) is 0 Å². The molecule has 1 amide bonds. The molecule has 0 heterocycles. The quantitative estimate of drug-likeness (QED) is 0.346. The van der Waals surface area contributed by atoms with E-state index in [4.69, 9.17) is 5.26 Å². The predicted molar refractivity (Wildman–Crippen MR) is 98.6 cm³/mol. The lowest BCUT2D eigenvalue weighted by atomic mass is 10.1. The Morgan fingerprint density at radius 3 is 2.03 bits per heavy atom. The molecule has 2 aromatic carbocycles. The van der Waals surface area contributed by atoms with Crippen molar-refractivity contribution in [2.24, 2.45) is 0 Å². The van der Waals surface area contributed by atoms with Gasteiger partial charge in [0.05, 0.1) is 11.1 Å². The van der Waals surface area contributed by atoms with Crippen molar-refractivity contribution in [1.82, 2.24) is 5.32 Å². The lowest BCUT2D eigenvalue weighted by Gasteiger charge is -2.14. The van der Waals surface area contributed by atoms with Crippen molar-refractivity contribution in [2.75, 3.05) is 11.9 Å². The van der Waals surface area contributed by atoms with Crippen LogP contribution in [0.2, 0.25) is 0 Å². The second-order valence-corrected chi connectivity index (χ2v) is 6.28. The van der Waals surface area contributed by atoms with E-state index < -0.39 is 40.6 Å². The largest absolute Gasteiger partial charge is 0.508 e. The molecule has 0 spiro atoms. The molecule has 31 heavy (non-hydrogen) atoms. The van der Waals surface area contributed by atoms with E-state index in [1.165, 1.54) is 18.2 Å². The summed E-state index contributed by atoms with van der Waals surface area (Å²) in [6.07, 6.45) is -8.96. The SMILES string of the molecule is N#C/C(=C/Nc1cc(C(F)(F)F)cc(C(F)(F)F)c1)C(=O)NCCc1ccc(O)cc1. The number of nitriles is 1. The third-order valence-corrected chi connectivity index (χ3v) is 3.97. The Bertz CT molecular complexity index is 973. The van der Waals surface area contributed by atoms with E-state index in [0.29, 0.717) is 18.6 Å². The van der Waals surface area contributed by atoms with Gasteiger partial charge in [-0.2, -0.15) is 31.6 Å². The first-order valence-electron chi connectivity index (χ1n) is 8.62. The van der Waals surface area contributed by atoms with Gasteiger partial charge in [-0.1, -0.05) is 12.1 Å². The summed E-state index contributed by atoms with van der Waals surface area (Å²) in [6, 6.07) is 8.51. The van der Waals surface area contributed by atoms with Gasteiger partial charge in [-0.3, -0.25) is 4.79 Å². The molecule has 0 bridgehead atoms. The zero-order valence-electron chi connectivity index (χ0n) is 15.6. The van der Waals surface area contributed by atoms with Gasteiger partial charge in [0.1, 0.15) is 17.4 Å². The van der Waals surface area contributed by atoms with Crippen LogP contribution in [0.15, 0.2) is 54.2 Å². The highest BCUT2D eigenvalue weighted by Gasteiger charge is 2.36. The van der Waals surface area contributed by atoms with Crippen LogP contribution in [0.3, 0.4) is 0 Å². The first-order chi connectivity index (χ1) is 14.4. The van der Waals surface area contributed by atoms with Crippen LogP contribution in [0, 0.1) is 11.3 Å². The van der Waals surface area contributed by atoms with Crippen LogP contribution < -0.4 is 10.6 Å². The van der Waals surface area contributed by atoms with Gasteiger partial charge < -0.3 is 15.7 Å². The molecule has 5 nitrogen and oxygen atoms in total. The average molecular weight is 443 g/mol. The molecule has 0 atom stereocenters. The van der Waals surface area contributed by atoms with Gasteiger partial charge in [0.15, 0.2) is 0 Å². The number of anilines is 1. The number of phenolic OH excluding ortho intramolecular Hbond substituents is 1. The molecule has 164 valence electrons. The molecule has 0 aliphatic carbocycles. The van der Waals surface area contributed by atoms with Crippen molar-refractivity contribution in [3.05, 3.63) is 70.9 Å². The summed E-state index contributed by atoms with van der Waals surface area (Å²) < 4.78 is 77.3. The maximum atomic E-state index is 12.9. The number of carbonyl (C=O) groups is 1. The van der Waals surface area contributed by atoms with E-state index >= 15 is 0 Å². The Labute approximate surface area is 172 Å². The van der Waals surface area contributed by atoms with Gasteiger partial charge in [-0.05, 0) is 42.3 Å². The fourth-order valence-corrected chi connectivity index (χ4v) is 2.42. The predicted octanol–water partition coefficient (Wildman–Crippen LogP) is 4.61. The van der Waals surface area contributed by atoms with Crippen LogP contribution in [-0.4, -0.2) is 17.6 Å². The van der Waals surface area contributed by atoms with E-state index in [2.05, 4.69) is 10.6 Å². The Balaban J connectivity index is 2.11. The summed E-state index contributed by atoms with van der Waals surface area (Å²) in [6.45, 7) is 0.102. The number of aromatic hydroxyl groups is 1. The summed E-state index contributed by atoms with van der Waals surface area (Å²) in [4.78, 5) is 12.1. The van der Waals surface area contributed by atoms with Crippen molar-refractivity contribution >= 4 is 11.6 Å². The molecule has 0 aromatic heterocycles. The number of hydrogen-bond donors (Lipinski definition) is 3. The summed E-state index contributed by atoms with van der Waals surface area (Å²) in [5, 5.41) is 22.8. The van der Waals surface area contributed by atoms with Crippen LogP contribution in [0.4, 0.5) is 32.0 Å². The van der Waals surface area contributed by atoms with Gasteiger partial charge in [0.2, 0.25) is 0 Å². The number of benzene rings is 2. The molecule has 0 fully saturated rings. The molecule has 11 heteroatoms. The van der Waals surface area contributed by atoms with Gasteiger partial charge in [-0.25, -0.2) is 0 Å². The molecular formula is C20H15F6N3O2. The highest BCUT2D eigenvalue weighted by Crippen LogP contribution is 2.37. The molecule has 0 saturated heterocycles. The summed E-state index contributed by atoms with van der Waals surface area (Å²) >= 11 is 0. The minimum absolute atomic E-state index is 0.0316. The number of nitrogens with zero attached hydrogens (tertiary/aromatic N) is 1. The van der Waals surface area contributed by atoms with Crippen LogP contribution >= 0.6 is 0 Å². The van der Waals surface area contributed by atoms with Crippen LogP contribution in [0.1, 0.15) is 16.7 Å². The zero-order valence-corrected chi connectivity index (χ0v) is 15.6. The lowest BCUT2D eigenvalue weighted by Crippen LogP contribution is -2.27. The Morgan fingerprint density at radius 1 is 1.00 bits per heavy atom. The Hall–Kier alpha value is -3.68. The minimum Gasteiger partial charge on any atom is -0.508 e. The van der Waals surface area contributed by atoms with Gasteiger partial charge >= 0.3 is 12.4 Å². The van der Waals surface area contributed by atoms with Crippen LogP contribution in [0.5, 0.6) is 5.75 Å². The second kappa shape index (κ2) is 9.42. The fraction of sp³-hybridized carbons (Fsp3) is 0.200. The molecule has 2 rings (SSSR count). The third kappa shape index (κ3) is 6.95. The Morgan fingerprint density at radius 2 is 1.55 bits per heavy atom. The normalized spacial score (nSPS) is 12.2. The Kier molecular flexibility index (Phi) is 7.17. The van der Waals surface area contributed by atoms with E-state index in [0.717, 1.165) is 11.8 Å². The first kappa shape index (κ1) is 23.6. The number of alkyl halides is 6. The van der Waals surface area contributed by atoms with Crippen molar-refractivity contribution in [2.45, 2.75) is 18.8 Å². The maximum Gasteiger partial charge on any atom is 0.416 e. The molecule has 0 radical (unpaired) electrons. The minimum atomic E-state index is -5.02. The van der Waals surface area contributed by atoms with Crippen LogP contribution in [0.25, 0.3) is 0 Å². The third-order valence-electron chi connectivity index (χ3n) is 3.97. The smallest absolute Gasteiger partial charge is 0.416 e. The molecule has 0 saturated carbocycles. The van der Waals surface area contributed by atoms with E-state index in [1.54, 1.807) is 12.1 Å². The highest BCUT2D eigenvalue weighted by molar-refractivity contribution is 5.97. The van der Waals surface area contributed by atoms with E-state index in [9.17, 15) is 36.2 Å². The van der Waals surface area contributed by atoms with Gasteiger partial charge in [0, 0.05) is 18.4 Å². The topological polar surface area (TPSA) is 85.2 Å². The molecule has 3 N–H and O–H groups in total. The van der Waals surface area contributed by atoms with Crippen molar-refractivity contribution in [1.29, 1.82) is 5.26 Å². The number of halogens is 6. The monoisotopic (exact) mass is 443 g/mol. The zero-order chi connectivity index (χ0) is 23.2. The van der Waals surface area contributed by atoms with Crippen LogP contribution in [-0.2, 0) is 23.6 Å². The molecule has 0 aliphatic rings. The number of hydrogen-bond acceptors (Lipinski definition) is 4. The standard InChI is InChI=1S/C20H15F6N3O2/c21-19(22,23)14-7-15(20(24,25)26)9-16(8-14)29-11-13(10-27)18(31)28-6-5-12-1-3-17(30)4-2-12/h1-4,7-9,11,29-30H,5-6H2,(H,28,31)/b13-11-. The van der Waals surface area contributed by atoms with Gasteiger partial charge in [0.25, 0.3) is 5.91 Å². The fourth-order valence-electron chi connectivity index (χ4n) is 2.42. The number of phenols is 1. The molecule has 0 aliphatic heterocycles.